The van der Waals surface area contributed by atoms with Crippen molar-refractivity contribution in [1.29, 1.82) is 5.26 Å². The van der Waals surface area contributed by atoms with Gasteiger partial charge in [-0.1, -0.05) is 42.5 Å². The van der Waals surface area contributed by atoms with Gasteiger partial charge in [-0.2, -0.15) is 5.26 Å². The lowest BCUT2D eigenvalue weighted by Crippen LogP contribution is -2.15. The van der Waals surface area contributed by atoms with Crippen LogP contribution >= 0.6 is 0 Å². The molecule has 1 aliphatic rings. The number of benzene rings is 2. The molecule has 2 aromatic carbocycles. The zero-order valence-corrected chi connectivity index (χ0v) is 11.7. The molecule has 1 aliphatic heterocycles. The Morgan fingerprint density at radius 2 is 1.90 bits per heavy atom. The van der Waals surface area contributed by atoms with E-state index in [0.29, 0.717) is 12.4 Å². The Morgan fingerprint density at radius 3 is 2.71 bits per heavy atom. The van der Waals surface area contributed by atoms with Crippen molar-refractivity contribution in [3.05, 3.63) is 65.2 Å². The molecule has 3 rings (SSSR count). The smallest absolute Gasteiger partial charge is 0.182 e. The Morgan fingerprint density at radius 1 is 1.19 bits per heavy atom. The molecule has 1 heterocycles. The minimum absolute atomic E-state index is 0.166. The third-order valence-electron chi connectivity index (χ3n) is 3.51. The summed E-state index contributed by atoms with van der Waals surface area (Å²) in [7, 11) is 0. The van der Waals surface area contributed by atoms with Crippen molar-refractivity contribution in [1.82, 2.24) is 5.32 Å². The van der Waals surface area contributed by atoms with Crippen LogP contribution in [0.25, 0.3) is 0 Å². The molecule has 1 atom stereocenters. The first-order valence-electron chi connectivity index (χ1n) is 6.78. The molecule has 4 nitrogen and oxygen atoms in total. The monoisotopic (exact) mass is 277 g/mol. The Kier molecular flexibility index (Phi) is 3.57. The molecule has 2 aromatic rings. The van der Waals surface area contributed by atoms with Crippen molar-refractivity contribution < 1.29 is 4.74 Å². The van der Waals surface area contributed by atoms with Gasteiger partial charge in [0.2, 0.25) is 0 Å². The lowest BCUT2D eigenvalue weighted by molar-refractivity contribution is 0.307. The van der Waals surface area contributed by atoms with Gasteiger partial charge in [0.1, 0.15) is 24.2 Å². The van der Waals surface area contributed by atoms with E-state index < -0.39 is 0 Å². The molecular weight excluding hydrogens is 262 g/mol. The third-order valence-corrected chi connectivity index (χ3v) is 3.51. The van der Waals surface area contributed by atoms with Gasteiger partial charge >= 0.3 is 0 Å². The molecule has 0 saturated heterocycles. The fourth-order valence-corrected chi connectivity index (χ4v) is 2.54. The molecule has 0 bridgehead atoms. The van der Waals surface area contributed by atoms with Gasteiger partial charge in [-0.05, 0) is 24.1 Å². The van der Waals surface area contributed by atoms with E-state index in [2.05, 4.69) is 22.4 Å². The van der Waals surface area contributed by atoms with Crippen LogP contribution in [0.4, 0.5) is 0 Å². The SMILES string of the molecule is CC(=N[C@@H]1c2ccccc2COc2ccccc21)NC#N. The van der Waals surface area contributed by atoms with E-state index >= 15 is 0 Å². The maximum absolute atomic E-state index is 8.75. The van der Waals surface area contributed by atoms with E-state index in [-0.39, 0.29) is 6.04 Å². The van der Waals surface area contributed by atoms with E-state index in [1.54, 1.807) is 6.92 Å². The summed E-state index contributed by atoms with van der Waals surface area (Å²) in [5.41, 5.74) is 3.25. The topological polar surface area (TPSA) is 57.4 Å². The Balaban J connectivity index is 2.16. The quantitative estimate of drug-likeness (QED) is 0.377. The number of amidine groups is 1. The molecule has 0 aromatic heterocycles. The number of nitriles is 1. The summed E-state index contributed by atoms with van der Waals surface area (Å²) in [6, 6.07) is 15.9. The van der Waals surface area contributed by atoms with Gasteiger partial charge in [0.15, 0.2) is 6.19 Å². The molecular formula is C17H15N3O. The molecule has 0 saturated carbocycles. The van der Waals surface area contributed by atoms with E-state index in [4.69, 9.17) is 10.00 Å². The highest BCUT2D eigenvalue weighted by molar-refractivity contribution is 5.81. The van der Waals surface area contributed by atoms with Gasteiger partial charge in [-0.3, -0.25) is 10.3 Å². The summed E-state index contributed by atoms with van der Waals surface area (Å²) in [5, 5.41) is 11.3. The van der Waals surface area contributed by atoms with Crippen molar-refractivity contribution in [2.75, 3.05) is 0 Å². The fraction of sp³-hybridized carbons (Fsp3) is 0.176. The summed E-state index contributed by atoms with van der Waals surface area (Å²) in [4.78, 5) is 4.67. The highest BCUT2D eigenvalue weighted by atomic mass is 16.5. The van der Waals surface area contributed by atoms with E-state index in [1.807, 2.05) is 42.6 Å². The number of nitrogens with one attached hydrogen (secondary N) is 1. The summed E-state index contributed by atoms with van der Waals surface area (Å²) < 4.78 is 5.89. The zero-order chi connectivity index (χ0) is 14.7. The Labute approximate surface area is 123 Å². The Hall–Kier alpha value is -2.80. The average Bonchev–Trinajstić information content (AvgIpc) is 2.66. The van der Waals surface area contributed by atoms with Gasteiger partial charge < -0.3 is 4.74 Å². The Bertz CT molecular complexity index is 683. The summed E-state index contributed by atoms with van der Waals surface area (Å²) >= 11 is 0. The maximum Gasteiger partial charge on any atom is 0.182 e. The van der Waals surface area contributed by atoms with Crippen molar-refractivity contribution in [3.8, 4) is 11.9 Å². The first kappa shape index (κ1) is 13.2. The van der Waals surface area contributed by atoms with Gasteiger partial charge in [0.05, 0.1) is 0 Å². The summed E-state index contributed by atoms with van der Waals surface area (Å²) in [6.07, 6.45) is 1.91. The van der Waals surface area contributed by atoms with Crippen molar-refractivity contribution >= 4 is 5.84 Å². The maximum atomic E-state index is 8.75. The van der Waals surface area contributed by atoms with Crippen LogP contribution in [0.3, 0.4) is 0 Å². The summed E-state index contributed by atoms with van der Waals surface area (Å²) in [6.45, 7) is 2.32. The minimum atomic E-state index is -0.166. The minimum Gasteiger partial charge on any atom is -0.489 e. The molecule has 0 unspecified atom stereocenters. The second-order valence-electron chi connectivity index (χ2n) is 4.88. The molecule has 0 aliphatic carbocycles. The molecule has 0 fully saturated rings. The van der Waals surface area contributed by atoms with Crippen LogP contribution < -0.4 is 10.1 Å². The van der Waals surface area contributed by atoms with Crippen LogP contribution in [0.15, 0.2) is 53.5 Å². The normalized spacial score (nSPS) is 16.8. The van der Waals surface area contributed by atoms with Crippen LogP contribution in [-0.4, -0.2) is 5.84 Å². The predicted molar refractivity (Wildman–Crippen MR) is 80.9 cm³/mol. The molecule has 21 heavy (non-hydrogen) atoms. The summed E-state index contributed by atoms with van der Waals surface area (Å²) in [5.74, 6) is 1.43. The van der Waals surface area contributed by atoms with Crippen LogP contribution in [0.5, 0.6) is 5.75 Å². The van der Waals surface area contributed by atoms with Gasteiger partial charge in [-0.25, -0.2) is 0 Å². The molecule has 4 heteroatoms. The van der Waals surface area contributed by atoms with Gasteiger partial charge in [-0.15, -0.1) is 0 Å². The largest absolute Gasteiger partial charge is 0.489 e. The number of rotatable bonds is 1. The fourth-order valence-electron chi connectivity index (χ4n) is 2.54. The van der Waals surface area contributed by atoms with Crippen molar-refractivity contribution in [2.45, 2.75) is 19.6 Å². The van der Waals surface area contributed by atoms with Crippen molar-refractivity contribution in [3.63, 3.8) is 0 Å². The van der Waals surface area contributed by atoms with Gasteiger partial charge in [0, 0.05) is 5.56 Å². The van der Waals surface area contributed by atoms with E-state index in [0.717, 1.165) is 22.4 Å². The van der Waals surface area contributed by atoms with Crippen LogP contribution in [0.1, 0.15) is 29.7 Å². The highest BCUT2D eigenvalue weighted by Crippen LogP contribution is 2.37. The number of aliphatic imine (C=N–C) groups is 1. The number of hydrogen-bond donors (Lipinski definition) is 1. The second kappa shape index (κ2) is 5.68. The van der Waals surface area contributed by atoms with E-state index in [9.17, 15) is 0 Å². The average molecular weight is 277 g/mol. The predicted octanol–water partition coefficient (Wildman–Crippen LogP) is 3.16. The van der Waals surface area contributed by atoms with Crippen molar-refractivity contribution in [2.24, 2.45) is 4.99 Å². The molecule has 1 N–H and O–H groups in total. The number of fused-ring (bicyclic) bond motifs is 2. The number of para-hydroxylation sites is 1. The standard InChI is InChI=1S/C17H15N3O/c1-12(19-11-18)20-17-14-7-3-2-6-13(14)10-21-16-9-5-4-8-15(16)17/h2-9,17H,10H2,1H3,(H,19,20)/t17-/m1/s1. The second-order valence-corrected chi connectivity index (χ2v) is 4.88. The molecule has 0 amide bonds. The number of nitrogens with zero attached hydrogens (tertiary/aromatic N) is 2. The zero-order valence-electron chi connectivity index (χ0n) is 11.7. The van der Waals surface area contributed by atoms with Gasteiger partial charge in [0.25, 0.3) is 0 Å². The first-order valence-corrected chi connectivity index (χ1v) is 6.78. The molecule has 0 radical (unpaired) electrons. The lowest BCUT2D eigenvalue weighted by Gasteiger charge is -2.15. The van der Waals surface area contributed by atoms with E-state index in [1.165, 1.54) is 0 Å². The highest BCUT2D eigenvalue weighted by Gasteiger charge is 2.23. The third kappa shape index (κ3) is 2.59. The number of hydrogen-bond acceptors (Lipinski definition) is 3. The molecule has 104 valence electrons. The molecule has 0 spiro atoms. The first-order chi connectivity index (χ1) is 10.3. The lowest BCUT2D eigenvalue weighted by atomic mass is 9.95. The van der Waals surface area contributed by atoms with Crippen LogP contribution in [-0.2, 0) is 6.61 Å². The van der Waals surface area contributed by atoms with Crippen LogP contribution in [0.2, 0.25) is 0 Å². The van der Waals surface area contributed by atoms with Crippen LogP contribution in [0, 0.1) is 11.5 Å². The number of ether oxygens (including phenoxy) is 1.